The SMILES string of the molecule is Cl.O=C(CC1CNCCO1)Nc1cccc(I)c1. The number of hydrogen-bond acceptors (Lipinski definition) is 3. The quantitative estimate of drug-likeness (QED) is 0.787. The maximum atomic E-state index is 11.8. The predicted molar refractivity (Wildman–Crippen MR) is 82.3 cm³/mol. The molecule has 1 fully saturated rings. The van der Waals surface area contributed by atoms with Gasteiger partial charge in [-0.3, -0.25) is 4.79 Å². The summed E-state index contributed by atoms with van der Waals surface area (Å²) in [6.45, 7) is 2.30. The Balaban J connectivity index is 0.00000162. The molecule has 1 aromatic rings. The molecule has 1 heterocycles. The summed E-state index contributed by atoms with van der Waals surface area (Å²) in [5.74, 6) is 0.000648. The maximum absolute atomic E-state index is 11.8. The van der Waals surface area contributed by atoms with Crippen molar-refractivity contribution >= 4 is 46.6 Å². The highest BCUT2D eigenvalue weighted by Crippen LogP contribution is 2.13. The van der Waals surface area contributed by atoms with E-state index in [9.17, 15) is 4.79 Å². The first-order valence-corrected chi connectivity index (χ1v) is 6.69. The number of anilines is 1. The first kappa shape index (κ1) is 15.7. The molecule has 1 unspecified atom stereocenters. The minimum Gasteiger partial charge on any atom is -0.375 e. The third-order valence-electron chi connectivity index (χ3n) is 2.53. The summed E-state index contributed by atoms with van der Waals surface area (Å²) in [6.07, 6.45) is 0.393. The van der Waals surface area contributed by atoms with Crippen LogP contribution < -0.4 is 10.6 Å². The Morgan fingerprint density at radius 1 is 1.56 bits per heavy atom. The van der Waals surface area contributed by atoms with E-state index < -0.39 is 0 Å². The molecule has 0 bridgehead atoms. The molecule has 0 saturated carbocycles. The molecule has 0 radical (unpaired) electrons. The van der Waals surface area contributed by atoms with Gasteiger partial charge in [-0.25, -0.2) is 0 Å². The van der Waals surface area contributed by atoms with E-state index in [1.807, 2.05) is 24.3 Å². The van der Waals surface area contributed by atoms with E-state index in [2.05, 4.69) is 33.2 Å². The third kappa shape index (κ3) is 5.09. The zero-order chi connectivity index (χ0) is 12.1. The number of carbonyl (C=O) groups is 1. The normalized spacial score (nSPS) is 18.8. The Hall–Kier alpha value is -0.370. The van der Waals surface area contributed by atoms with E-state index in [1.54, 1.807) is 0 Å². The van der Waals surface area contributed by atoms with Gasteiger partial charge in [-0.05, 0) is 40.8 Å². The van der Waals surface area contributed by atoms with Crippen LogP contribution in [0.4, 0.5) is 5.69 Å². The van der Waals surface area contributed by atoms with E-state index in [-0.39, 0.29) is 24.4 Å². The van der Waals surface area contributed by atoms with Gasteiger partial charge in [0.2, 0.25) is 5.91 Å². The molecule has 0 aromatic heterocycles. The average Bonchev–Trinajstić information content (AvgIpc) is 2.30. The number of benzene rings is 1. The first-order valence-electron chi connectivity index (χ1n) is 5.62. The van der Waals surface area contributed by atoms with Crippen LogP contribution in [-0.2, 0) is 9.53 Å². The molecule has 0 aliphatic carbocycles. The van der Waals surface area contributed by atoms with E-state index in [0.717, 1.165) is 22.3 Å². The second-order valence-corrected chi connectivity index (χ2v) is 5.21. The van der Waals surface area contributed by atoms with Crippen molar-refractivity contribution in [3.05, 3.63) is 27.8 Å². The fourth-order valence-corrected chi connectivity index (χ4v) is 2.28. The minimum atomic E-state index is -0.00784. The van der Waals surface area contributed by atoms with Crippen molar-refractivity contribution in [2.75, 3.05) is 25.0 Å². The highest BCUT2D eigenvalue weighted by Gasteiger charge is 2.17. The molecule has 2 rings (SSSR count). The molecule has 18 heavy (non-hydrogen) atoms. The highest BCUT2D eigenvalue weighted by atomic mass is 127. The Labute approximate surface area is 126 Å². The zero-order valence-corrected chi connectivity index (χ0v) is 12.8. The molecule has 100 valence electrons. The third-order valence-corrected chi connectivity index (χ3v) is 3.20. The second-order valence-electron chi connectivity index (χ2n) is 3.96. The molecule has 4 nitrogen and oxygen atoms in total. The van der Waals surface area contributed by atoms with Crippen LogP contribution in [0.2, 0.25) is 0 Å². The van der Waals surface area contributed by atoms with Crippen molar-refractivity contribution < 1.29 is 9.53 Å². The molecule has 1 aliphatic heterocycles. The van der Waals surface area contributed by atoms with Gasteiger partial charge in [-0.15, -0.1) is 12.4 Å². The van der Waals surface area contributed by atoms with Crippen molar-refractivity contribution in [2.24, 2.45) is 0 Å². The van der Waals surface area contributed by atoms with Gasteiger partial charge in [0, 0.05) is 22.3 Å². The summed E-state index contributed by atoms with van der Waals surface area (Å²) in [6, 6.07) is 7.75. The number of halogens is 2. The van der Waals surface area contributed by atoms with Crippen LogP contribution in [0.3, 0.4) is 0 Å². The second kappa shape index (κ2) is 7.93. The topological polar surface area (TPSA) is 50.4 Å². The number of amides is 1. The number of rotatable bonds is 3. The molecule has 2 N–H and O–H groups in total. The highest BCUT2D eigenvalue weighted by molar-refractivity contribution is 14.1. The Kier molecular flexibility index (Phi) is 6.91. The van der Waals surface area contributed by atoms with Gasteiger partial charge in [-0.1, -0.05) is 6.07 Å². The summed E-state index contributed by atoms with van der Waals surface area (Å²) in [5, 5.41) is 6.09. The molecule has 1 saturated heterocycles. The summed E-state index contributed by atoms with van der Waals surface area (Å²) in [7, 11) is 0. The van der Waals surface area contributed by atoms with Crippen LogP contribution in [0, 0.1) is 3.57 Å². The van der Waals surface area contributed by atoms with Crippen LogP contribution in [0.1, 0.15) is 6.42 Å². The van der Waals surface area contributed by atoms with Crippen molar-refractivity contribution in [1.29, 1.82) is 0 Å². The van der Waals surface area contributed by atoms with Gasteiger partial charge >= 0.3 is 0 Å². The van der Waals surface area contributed by atoms with Crippen LogP contribution >= 0.6 is 35.0 Å². The zero-order valence-electron chi connectivity index (χ0n) is 9.82. The predicted octanol–water partition coefficient (Wildman–Crippen LogP) is 2.03. The van der Waals surface area contributed by atoms with Crippen LogP contribution in [0.25, 0.3) is 0 Å². The van der Waals surface area contributed by atoms with E-state index in [0.29, 0.717) is 13.0 Å². The number of hydrogen-bond donors (Lipinski definition) is 2. The fourth-order valence-electron chi connectivity index (χ4n) is 1.74. The average molecular weight is 383 g/mol. The van der Waals surface area contributed by atoms with Crippen molar-refractivity contribution in [2.45, 2.75) is 12.5 Å². The molecular formula is C12H16ClIN2O2. The van der Waals surface area contributed by atoms with Gasteiger partial charge in [0.1, 0.15) is 0 Å². The smallest absolute Gasteiger partial charge is 0.227 e. The fraction of sp³-hybridized carbons (Fsp3) is 0.417. The van der Waals surface area contributed by atoms with E-state index >= 15 is 0 Å². The van der Waals surface area contributed by atoms with Gasteiger partial charge in [0.05, 0.1) is 19.1 Å². The van der Waals surface area contributed by atoms with Crippen LogP contribution in [-0.4, -0.2) is 31.7 Å². The maximum Gasteiger partial charge on any atom is 0.227 e. The number of nitrogens with one attached hydrogen (secondary N) is 2. The van der Waals surface area contributed by atoms with Gasteiger partial charge < -0.3 is 15.4 Å². The largest absolute Gasteiger partial charge is 0.375 e. The monoisotopic (exact) mass is 382 g/mol. The summed E-state index contributed by atoms with van der Waals surface area (Å²) in [4.78, 5) is 11.8. The lowest BCUT2D eigenvalue weighted by atomic mass is 10.2. The van der Waals surface area contributed by atoms with Crippen LogP contribution in [0.5, 0.6) is 0 Å². The van der Waals surface area contributed by atoms with Gasteiger partial charge in [-0.2, -0.15) is 0 Å². The van der Waals surface area contributed by atoms with Crippen molar-refractivity contribution in [1.82, 2.24) is 5.32 Å². The Morgan fingerprint density at radius 3 is 3.06 bits per heavy atom. The Morgan fingerprint density at radius 2 is 2.39 bits per heavy atom. The molecule has 1 atom stereocenters. The summed E-state index contributed by atoms with van der Waals surface area (Å²) < 4.78 is 6.59. The standard InChI is InChI=1S/C12H15IN2O2.ClH/c13-9-2-1-3-10(6-9)15-12(16)7-11-8-14-4-5-17-11;/h1-3,6,11,14H,4-5,7-8H2,(H,15,16);1H. The van der Waals surface area contributed by atoms with Crippen molar-refractivity contribution in [3.63, 3.8) is 0 Å². The number of carbonyl (C=O) groups excluding carboxylic acids is 1. The molecule has 6 heteroatoms. The number of morpholine rings is 1. The van der Waals surface area contributed by atoms with Crippen molar-refractivity contribution in [3.8, 4) is 0 Å². The molecule has 1 aromatic carbocycles. The summed E-state index contributed by atoms with van der Waals surface area (Å²) in [5.41, 5.74) is 0.839. The number of ether oxygens (including phenoxy) is 1. The van der Waals surface area contributed by atoms with E-state index in [4.69, 9.17) is 4.74 Å². The summed E-state index contributed by atoms with van der Waals surface area (Å²) >= 11 is 2.22. The van der Waals surface area contributed by atoms with Gasteiger partial charge in [0.25, 0.3) is 0 Å². The van der Waals surface area contributed by atoms with E-state index in [1.165, 1.54) is 0 Å². The molecule has 1 amide bonds. The lowest BCUT2D eigenvalue weighted by Gasteiger charge is -2.23. The lowest BCUT2D eigenvalue weighted by molar-refractivity contribution is -0.119. The van der Waals surface area contributed by atoms with Gasteiger partial charge in [0.15, 0.2) is 0 Å². The lowest BCUT2D eigenvalue weighted by Crippen LogP contribution is -2.40. The van der Waals surface area contributed by atoms with Crippen LogP contribution in [0.15, 0.2) is 24.3 Å². The minimum absolute atomic E-state index is 0. The Bertz CT molecular complexity index is 397. The molecule has 1 aliphatic rings. The first-order chi connectivity index (χ1) is 8.24. The molecular weight excluding hydrogens is 367 g/mol. The molecule has 0 spiro atoms.